The maximum atomic E-state index is 12.1. The lowest BCUT2D eigenvalue weighted by molar-refractivity contribution is -0.132. The Kier molecular flexibility index (Phi) is 9.31. The highest BCUT2D eigenvalue weighted by Crippen LogP contribution is 2.18. The van der Waals surface area contributed by atoms with Crippen LogP contribution >= 0.6 is 0 Å². The van der Waals surface area contributed by atoms with Crippen LogP contribution in [0.15, 0.2) is 4.99 Å². The van der Waals surface area contributed by atoms with Gasteiger partial charge in [-0.15, -0.1) is 0 Å². The maximum Gasteiger partial charge on any atom is 0.390 e. The van der Waals surface area contributed by atoms with Gasteiger partial charge in [0.2, 0.25) is 0 Å². The summed E-state index contributed by atoms with van der Waals surface area (Å²) >= 11 is 0. The molecule has 0 atom stereocenters. The van der Waals surface area contributed by atoms with Crippen LogP contribution in [0.5, 0.6) is 0 Å². The van der Waals surface area contributed by atoms with Gasteiger partial charge in [0.05, 0.1) is 6.42 Å². The Morgan fingerprint density at radius 1 is 1.09 bits per heavy atom. The molecule has 1 rings (SSSR count). The third-order valence-corrected chi connectivity index (χ3v) is 3.79. The number of halogens is 3. The summed E-state index contributed by atoms with van der Waals surface area (Å²) in [7, 11) is 2.14. The summed E-state index contributed by atoms with van der Waals surface area (Å²) < 4.78 is 36.4. The van der Waals surface area contributed by atoms with Gasteiger partial charge in [-0.25, -0.2) is 0 Å². The van der Waals surface area contributed by atoms with E-state index in [2.05, 4.69) is 32.5 Å². The zero-order chi connectivity index (χ0) is 17.1. The number of hydrogen-bond donors (Lipinski definition) is 2. The lowest BCUT2D eigenvalue weighted by Crippen LogP contribution is -2.44. The number of likely N-dealkylation sites (N-methyl/N-ethyl adjacent to an activating group) is 1. The molecule has 1 aliphatic rings. The van der Waals surface area contributed by atoms with E-state index in [0.717, 1.165) is 45.6 Å². The molecule has 0 aromatic rings. The minimum atomic E-state index is -4.13. The Morgan fingerprint density at radius 2 is 1.78 bits per heavy atom. The minimum Gasteiger partial charge on any atom is -0.357 e. The molecule has 0 unspecified atom stereocenters. The Labute approximate surface area is 137 Å². The molecule has 1 saturated heterocycles. The lowest BCUT2D eigenvalue weighted by atomic mass is 10.2. The fourth-order valence-electron chi connectivity index (χ4n) is 2.37. The van der Waals surface area contributed by atoms with E-state index in [1.165, 1.54) is 0 Å². The Hall–Kier alpha value is -1.02. The molecule has 0 saturated carbocycles. The monoisotopic (exact) mass is 337 g/mol. The van der Waals surface area contributed by atoms with Crippen molar-refractivity contribution in [1.82, 2.24) is 20.4 Å². The fourth-order valence-corrected chi connectivity index (χ4v) is 2.37. The predicted octanol–water partition coefficient (Wildman–Crippen LogP) is 1.52. The number of nitrogens with one attached hydrogen (secondary N) is 2. The average Bonchev–Trinajstić information content (AvgIpc) is 2.47. The second kappa shape index (κ2) is 10.7. The highest BCUT2D eigenvalue weighted by atomic mass is 19.4. The summed E-state index contributed by atoms with van der Waals surface area (Å²) in [5.74, 6) is 0.469. The fraction of sp³-hybridized carbons (Fsp3) is 0.933. The Balaban J connectivity index is 2.15. The summed E-state index contributed by atoms with van der Waals surface area (Å²) in [6.45, 7) is 8.56. The van der Waals surface area contributed by atoms with Gasteiger partial charge in [0, 0.05) is 45.8 Å². The van der Waals surface area contributed by atoms with Gasteiger partial charge >= 0.3 is 6.18 Å². The molecule has 0 aromatic carbocycles. The molecule has 1 heterocycles. The third-order valence-electron chi connectivity index (χ3n) is 3.79. The van der Waals surface area contributed by atoms with Crippen LogP contribution < -0.4 is 10.6 Å². The molecule has 0 spiro atoms. The molecule has 0 amide bonds. The molecule has 2 N–H and O–H groups in total. The van der Waals surface area contributed by atoms with Gasteiger partial charge in [0.25, 0.3) is 0 Å². The first-order chi connectivity index (χ1) is 10.9. The molecule has 136 valence electrons. The average molecular weight is 337 g/mol. The van der Waals surface area contributed by atoms with Crippen LogP contribution in [0.4, 0.5) is 13.2 Å². The standard InChI is InChI=1S/C15H30F3N5/c1-3-19-14(21-8-6-15(16,17)18)20-7-4-5-9-23-12-10-22(2)11-13-23/h3-13H2,1-2H3,(H2,19,20,21). The van der Waals surface area contributed by atoms with Gasteiger partial charge in [0.15, 0.2) is 5.96 Å². The highest BCUT2D eigenvalue weighted by Gasteiger charge is 2.26. The number of piperazine rings is 1. The van der Waals surface area contributed by atoms with Gasteiger partial charge in [-0.05, 0) is 33.4 Å². The van der Waals surface area contributed by atoms with Crippen LogP contribution in [0.25, 0.3) is 0 Å². The number of rotatable bonds is 8. The van der Waals surface area contributed by atoms with Crippen molar-refractivity contribution < 1.29 is 13.2 Å². The summed E-state index contributed by atoms with van der Waals surface area (Å²) in [4.78, 5) is 9.11. The molecular formula is C15H30F3N5. The quantitative estimate of drug-likeness (QED) is 0.400. The lowest BCUT2D eigenvalue weighted by Gasteiger charge is -2.32. The Morgan fingerprint density at radius 3 is 2.39 bits per heavy atom. The van der Waals surface area contributed by atoms with Gasteiger partial charge in [-0.2, -0.15) is 13.2 Å². The molecule has 0 bridgehead atoms. The summed E-state index contributed by atoms with van der Waals surface area (Å²) in [6, 6.07) is 0. The number of nitrogens with zero attached hydrogens (tertiary/aromatic N) is 3. The SMILES string of the molecule is CCNC(=NCCCCN1CCN(C)CC1)NCCC(F)(F)F. The van der Waals surface area contributed by atoms with Crippen molar-refractivity contribution in [3.63, 3.8) is 0 Å². The topological polar surface area (TPSA) is 42.9 Å². The van der Waals surface area contributed by atoms with Crippen molar-refractivity contribution >= 4 is 5.96 Å². The van der Waals surface area contributed by atoms with Crippen LogP contribution in [-0.4, -0.2) is 81.3 Å². The number of guanidine groups is 1. The zero-order valence-electron chi connectivity index (χ0n) is 14.3. The first kappa shape index (κ1) is 20.0. The van der Waals surface area contributed by atoms with Gasteiger partial charge in [0.1, 0.15) is 0 Å². The molecule has 0 aliphatic carbocycles. The smallest absolute Gasteiger partial charge is 0.357 e. The second-order valence-electron chi connectivity index (χ2n) is 5.90. The molecular weight excluding hydrogens is 307 g/mol. The molecule has 0 aromatic heterocycles. The number of alkyl halides is 3. The van der Waals surface area contributed by atoms with E-state index >= 15 is 0 Å². The van der Waals surface area contributed by atoms with E-state index in [1.54, 1.807) is 0 Å². The number of unbranched alkanes of at least 4 members (excludes halogenated alkanes) is 1. The van der Waals surface area contributed by atoms with Crippen molar-refractivity contribution in [1.29, 1.82) is 0 Å². The molecule has 1 fully saturated rings. The maximum absolute atomic E-state index is 12.1. The van der Waals surface area contributed by atoms with Crippen LogP contribution in [0.1, 0.15) is 26.2 Å². The molecule has 1 aliphatic heterocycles. The van der Waals surface area contributed by atoms with E-state index in [4.69, 9.17) is 0 Å². The molecule has 5 nitrogen and oxygen atoms in total. The van der Waals surface area contributed by atoms with E-state index in [1.807, 2.05) is 6.92 Å². The van der Waals surface area contributed by atoms with Crippen molar-refractivity contribution in [3.8, 4) is 0 Å². The first-order valence-electron chi connectivity index (χ1n) is 8.40. The van der Waals surface area contributed by atoms with Crippen LogP contribution in [0.3, 0.4) is 0 Å². The third kappa shape index (κ3) is 10.4. The highest BCUT2D eigenvalue weighted by molar-refractivity contribution is 5.79. The van der Waals surface area contributed by atoms with E-state index in [-0.39, 0.29) is 6.54 Å². The first-order valence-corrected chi connectivity index (χ1v) is 8.40. The van der Waals surface area contributed by atoms with Gasteiger partial charge < -0.3 is 20.4 Å². The molecule has 0 radical (unpaired) electrons. The number of aliphatic imine (C=N–C) groups is 1. The van der Waals surface area contributed by atoms with Gasteiger partial charge in [-0.1, -0.05) is 0 Å². The largest absolute Gasteiger partial charge is 0.390 e. The van der Waals surface area contributed by atoms with Crippen LogP contribution in [-0.2, 0) is 0 Å². The van der Waals surface area contributed by atoms with E-state index in [9.17, 15) is 13.2 Å². The van der Waals surface area contributed by atoms with Crippen molar-refractivity contribution in [2.75, 3.05) is 59.4 Å². The van der Waals surface area contributed by atoms with Gasteiger partial charge in [-0.3, -0.25) is 4.99 Å². The molecule has 8 heteroatoms. The minimum absolute atomic E-state index is 0.142. The van der Waals surface area contributed by atoms with Crippen LogP contribution in [0, 0.1) is 0 Å². The van der Waals surface area contributed by atoms with Crippen molar-refractivity contribution in [2.45, 2.75) is 32.4 Å². The number of hydrogen-bond acceptors (Lipinski definition) is 3. The van der Waals surface area contributed by atoms with Crippen molar-refractivity contribution in [2.24, 2.45) is 4.99 Å². The zero-order valence-corrected chi connectivity index (χ0v) is 14.3. The van der Waals surface area contributed by atoms with E-state index in [0.29, 0.717) is 19.0 Å². The second-order valence-corrected chi connectivity index (χ2v) is 5.90. The van der Waals surface area contributed by atoms with Crippen LogP contribution in [0.2, 0.25) is 0 Å². The molecule has 23 heavy (non-hydrogen) atoms. The van der Waals surface area contributed by atoms with E-state index < -0.39 is 12.6 Å². The normalized spacial score (nSPS) is 18.2. The predicted molar refractivity (Wildman–Crippen MR) is 87.8 cm³/mol. The summed E-state index contributed by atoms with van der Waals surface area (Å²) in [6.07, 6.45) is -2.97. The van der Waals surface area contributed by atoms with Crippen molar-refractivity contribution in [3.05, 3.63) is 0 Å². The summed E-state index contributed by atoms with van der Waals surface area (Å²) in [5, 5.41) is 5.69. The summed E-state index contributed by atoms with van der Waals surface area (Å²) in [5.41, 5.74) is 0. The Bertz CT molecular complexity index is 338.